The molecule has 8 bridgehead atoms. The van der Waals surface area contributed by atoms with Crippen molar-refractivity contribution >= 4 is 0 Å². The molecule has 69 heavy (non-hydrogen) atoms. The zero-order valence-electron chi connectivity index (χ0n) is 43.1. The Morgan fingerprint density at radius 3 is 0.971 bits per heavy atom. The molecule has 0 saturated carbocycles. The minimum atomic E-state index is -0.195. The van der Waals surface area contributed by atoms with E-state index in [1.807, 2.05) is 54.9 Å². The number of phenols is 1. The first-order valence-corrected chi connectivity index (χ1v) is 24.7. The van der Waals surface area contributed by atoms with E-state index in [1.54, 1.807) is 0 Å². The predicted octanol–water partition coefficient (Wildman–Crippen LogP) is 14.8. The van der Waals surface area contributed by atoms with Crippen LogP contribution in [0, 0.1) is 0 Å². The summed E-state index contributed by atoms with van der Waals surface area (Å²) < 4.78 is 21.3. The molecule has 0 saturated heterocycles. The largest absolute Gasteiger partial charge is 0.507 e. The molecule has 0 fully saturated rings. The van der Waals surface area contributed by atoms with Crippen LogP contribution in [0.5, 0.6) is 23.0 Å². The molecule has 0 spiro atoms. The number of phenolic OH excluding ortho intramolecular Hbond substituents is 1. The Morgan fingerprint density at radius 2 is 0.667 bits per heavy atom. The molecule has 6 nitrogen and oxygen atoms in total. The Kier molecular flexibility index (Phi) is 13.9. The number of hydrogen-bond donors (Lipinski definition) is 1. The van der Waals surface area contributed by atoms with Gasteiger partial charge in [-0.25, -0.2) is 0 Å². The van der Waals surface area contributed by atoms with Crippen molar-refractivity contribution in [2.45, 2.75) is 150 Å². The quantitative estimate of drug-likeness (QED) is 0.155. The van der Waals surface area contributed by atoms with Crippen LogP contribution in [0.3, 0.4) is 0 Å². The highest BCUT2D eigenvalue weighted by atomic mass is 16.5. The normalized spacial score (nSPS) is 13.2. The first-order valence-electron chi connectivity index (χ1n) is 24.7. The number of pyridine rings is 2. The fraction of sp³-hybridized carbons (Fsp3) is 0.365. The number of rotatable bonds is 9. The first kappa shape index (κ1) is 49.0. The molecule has 2 aromatic heterocycles. The third-order valence-electron chi connectivity index (χ3n) is 13.4. The molecule has 8 rings (SSSR count). The van der Waals surface area contributed by atoms with Crippen LogP contribution in [0.1, 0.15) is 167 Å². The summed E-state index contributed by atoms with van der Waals surface area (Å²) in [5.74, 6) is 2.78. The summed E-state index contributed by atoms with van der Waals surface area (Å²) in [6, 6.07) is 40.7. The van der Waals surface area contributed by atoms with Gasteiger partial charge in [0.15, 0.2) is 0 Å². The monoisotopic (exact) mass is 921 g/mol. The van der Waals surface area contributed by atoms with Crippen LogP contribution < -0.4 is 14.2 Å². The van der Waals surface area contributed by atoms with Gasteiger partial charge in [-0.15, -0.1) is 0 Å². The molecule has 7 aromatic rings. The molecule has 358 valence electrons. The molecule has 0 unspecified atom stereocenters. The summed E-state index contributed by atoms with van der Waals surface area (Å²) >= 11 is 0. The van der Waals surface area contributed by atoms with E-state index in [9.17, 15) is 5.11 Å². The van der Waals surface area contributed by atoms with Crippen molar-refractivity contribution in [3.05, 3.63) is 211 Å². The van der Waals surface area contributed by atoms with Gasteiger partial charge in [0, 0.05) is 38.1 Å². The van der Waals surface area contributed by atoms with Crippen molar-refractivity contribution in [3.8, 4) is 23.0 Å². The molecule has 0 atom stereocenters. The predicted molar refractivity (Wildman–Crippen MR) is 281 cm³/mol. The van der Waals surface area contributed by atoms with Gasteiger partial charge in [0.2, 0.25) is 0 Å². The van der Waals surface area contributed by atoms with Gasteiger partial charge < -0.3 is 19.3 Å². The number of aromatic hydroxyl groups is 1. The Balaban J connectivity index is 1.46. The second kappa shape index (κ2) is 19.5. The molecule has 1 aliphatic rings. The molecule has 5 aromatic carbocycles. The van der Waals surface area contributed by atoms with E-state index >= 15 is 0 Å². The van der Waals surface area contributed by atoms with Gasteiger partial charge in [0.05, 0.1) is 11.4 Å². The van der Waals surface area contributed by atoms with E-state index in [0.29, 0.717) is 51.3 Å². The number of benzene rings is 5. The molecule has 2 heterocycles. The molecular weight excluding hydrogens is 849 g/mol. The van der Waals surface area contributed by atoms with Crippen molar-refractivity contribution in [1.29, 1.82) is 0 Å². The summed E-state index contributed by atoms with van der Waals surface area (Å²) in [5.41, 5.74) is 14.8. The average Bonchev–Trinajstić information content (AvgIpc) is 3.28. The Bertz CT molecular complexity index is 2750. The lowest BCUT2D eigenvalue weighted by Gasteiger charge is -2.29. The highest BCUT2D eigenvalue weighted by molar-refractivity contribution is 5.60. The first-order chi connectivity index (χ1) is 32.6. The fourth-order valence-corrected chi connectivity index (χ4v) is 9.18. The van der Waals surface area contributed by atoms with Crippen molar-refractivity contribution < 1.29 is 19.3 Å². The van der Waals surface area contributed by atoms with Crippen LogP contribution >= 0.6 is 0 Å². The number of nitrogens with zero attached hydrogens (tertiary/aromatic N) is 2. The number of hydrogen-bond acceptors (Lipinski definition) is 6. The second-order valence-corrected chi connectivity index (χ2v) is 23.2. The third-order valence-corrected chi connectivity index (χ3v) is 13.4. The number of aromatic nitrogens is 2. The van der Waals surface area contributed by atoms with Crippen molar-refractivity contribution in [1.82, 2.24) is 9.97 Å². The van der Waals surface area contributed by atoms with E-state index in [1.165, 1.54) is 16.7 Å². The Hall–Kier alpha value is -6.40. The van der Waals surface area contributed by atoms with Crippen LogP contribution in [0.4, 0.5) is 0 Å². The highest BCUT2D eigenvalue weighted by Gasteiger charge is 2.29. The number of ether oxygens (including phenoxy) is 3. The topological polar surface area (TPSA) is 73.7 Å². The summed E-state index contributed by atoms with van der Waals surface area (Å²) in [5, 5.41) is 12.8. The minimum absolute atomic E-state index is 0.182. The highest BCUT2D eigenvalue weighted by Crippen LogP contribution is 2.44. The SMILES string of the molecule is CC(C)(C)c1cc2c(O)c(c1)Cc1cc(C(C)(C)C)cc(c1OCc1ccccn1)Cc1cc(C(C)(C)C)cc(c1OCc1ccccn1)Cc1cc(C(C)(C)C)cc(c1OCc1ccccc1)C2. The van der Waals surface area contributed by atoms with Gasteiger partial charge in [-0.3, -0.25) is 9.97 Å². The van der Waals surface area contributed by atoms with Gasteiger partial charge in [0.25, 0.3) is 0 Å². The zero-order valence-corrected chi connectivity index (χ0v) is 43.1. The molecule has 6 heteroatoms. The molecule has 0 aliphatic heterocycles. The van der Waals surface area contributed by atoms with E-state index in [-0.39, 0.29) is 21.7 Å². The van der Waals surface area contributed by atoms with Crippen LogP contribution in [0.2, 0.25) is 0 Å². The third kappa shape index (κ3) is 11.7. The van der Waals surface area contributed by atoms with Gasteiger partial charge in [-0.1, -0.05) is 174 Å². The van der Waals surface area contributed by atoms with E-state index in [0.717, 1.165) is 84.3 Å². The fourth-order valence-electron chi connectivity index (χ4n) is 9.18. The van der Waals surface area contributed by atoms with E-state index in [4.69, 9.17) is 19.2 Å². The average molecular weight is 921 g/mol. The van der Waals surface area contributed by atoms with Crippen LogP contribution in [0.15, 0.2) is 128 Å². The Labute approximate surface area is 412 Å². The molecular formula is C63H72N2O4. The Morgan fingerprint density at radius 1 is 0.377 bits per heavy atom. The van der Waals surface area contributed by atoms with Crippen molar-refractivity contribution in [2.75, 3.05) is 0 Å². The molecule has 1 N–H and O–H groups in total. The van der Waals surface area contributed by atoms with Crippen LogP contribution in [-0.4, -0.2) is 15.1 Å². The molecule has 0 amide bonds. The smallest absolute Gasteiger partial charge is 0.130 e. The van der Waals surface area contributed by atoms with Crippen LogP contribution in [-0.2, 0) is 67.2 Å². The molecule has 1 aliphatic carbocycles. The summed E-state index contributed by atoms with van der Waals surface area (Å²) in [6.07, 6.45) is 5.64. The lowest BCUT2D eigenvalue weighted by molar-refractivity contribution is 0.291. The maximum Gasteiger partial charge on any atom is 0.130 e. The summed E-state index contributed by atoms with van der Waals surface area (Å²) in [7, 11) is 0. The maximum atomic E-state index is 12.8. The van der Waals surface area contributed by atoms with Gasteiger partial charge in [-0.2, -0.15) is 0 Å². The standard InChI is InChI=1S/C63H72N2O4/c1-60(2,3)50-30-42-26-44-32-51(61(4,5)6)34-46(57(44)67-38-41-20-14-13-15-21-41)28-48-36-53(63(10,11)12)37-49(59(48)69-40-55-23-17-19-25-65-55)29-47-35-52(62(7,8)9)33-45(27-43(31-50)56(42)66)58(47)68-39-54-22-16-18-24-64-54/h13-25,30-37,66H,26-29,38-40H2,1-12H3. The van der Waals surface area contributed by atoms with Gasteiger partial charge in [0.1, 0.15) is 42.8 Å². The van der Waals surface area contributed by atoms with Gasteiger partial charge in [-0.05, 0) is 118 Å². The lowest BCUT2D eigenvalue weighted by Crippen LogP contribution is -2.17. The lowest BCUT2D eigenvalue weighted by atomic mass is 9.79. The molecule has 0 radical (unpaired) electrons. The van der Waals surface area contributed by atoms with Crippen molar-refractivity contribution in [3.63, 3.8) is 0 Å². The summed E-state index contributed by atoms with van der Waals surface area (Å²) in [4.78, 5) is 9.37. The van der Waals surface area contributed by atoms with Crippen molar-refractivity contribution in [2.24, 2.45) is 0 Å². The van der Waals surface area contributed by atoms with Gasteiger partial charge >= 0.3 is 0 Å². The van der Waals surface area contributed by atoms with Crippen LogP contribution in [0.25, 0.3) is 0 Å². The second-order valence-electron chi connectivity index (χ2n) is 23.2. The van der Waals surface area contributed by atoms with E-state index in [2.05, 4.69) is 161 Å². The zero-order chi connectivity index (χ0) is 49.3. The van der Waals surface area contributed by atoms with E-state index < -0.39 is 0 Å². The number of fused-ring (bicyclic) bond motifs is 8. The minimum Gasteiger partial charge on any atom is -0.507 e. The summed E-state index contributed by atoms with van der Waals surface area (Å²) in [6.45, 7) is 28.2. The maximum absolute atomic E-state index is 12.8.